The Hall–Kier alpha value is -2.33. The number of hydrogen-bond acceptors (Lipinski definition) is 3. The number of ether oxygens (including phenoxy) is 1. The zero-order valence-electron chi connectivity index (χ0n) is 12.3. The van der Waals surface area contributed by atoms with Gasteiger partial charge in [-0.25, -0.2) is 0 Å². The first-order chi connectivity index (χ1) is 10.1. The number of nitrogens with two attached hydrogens (primary N) is 1. The molecule has 2 aromatic rings. The maximum absolute atomic E-state index is 11.8. The Labute approximate surface area is 124 Å². The predicted molar refractivity (Wildman–Crippen MR) is 84.6 cm³/mol. The molecular weight excluding hydrogens is 264 g/mol. The number of nitrogens with one attached hydrogen (secondary N) is 1. The molecule has 1 amide bonds. The summed E-state index contributed by atoms with van der Waals surface area (Å²) in [5.41, 5.74) is 7.50. The molecule has 110 valence electrons. The zero-order chi connectivity index (χ0) is 15.2. The first kappa shape index (κ1) is 15.1. The van der Waals surface area contributed by atoms with E-state index in [9.17, 15) is 4.79 Å². The monoisotopic (exact) mass is 284 g/mol. The second kappa shape index (κ2) is 6.90. The average Bonchev–Trinajstić information content (AvgIpc) is 2.46. The Morgan fingerprint density at radius 1 is 1.19 bits per heavy atom. The van der Waals surface area contributed by atoms with Crippen molar-refractivity contribution >= 4 is 11.6 Å². The third kappa shape index (κ3) is 4.33. The van der Waals surface area contributed by atoms with Crippen LogP contribution in [0.1, 0.15) is 18.9 Å². The van der Waals surface area contributed by atoms with E-state index < -0.39 is 6.04 Å². The van der Waals surface area contributed by atoms with Crippen LogP contribution in [0.3, 0.4) is 0 Å². The van der Waals surface area contributed by atoms with Crippen molar-refractivity contribution in [2.24, 2.45) is 5.73 Å². The van der Waals surface area contributed by atoms with Crippen molar-refractivity contribution in [3.8, 4) is 11.5 Å². The van der Waals surface area contributed by atoms with E-state index in [0.717, 1.165) is 11.3 Å². The van der Waals surface area contributed by atoms with Gasteiger partial charge in [0.15, 0.2) is 0 Å². The number of amides is 1. The number of benzene rings is 2. The van der Waals surface area contributed by atoms with Crippen LogP contribution in [0.5, 0.6) is 11.5 Å². The number of carbonyl (C=O) groups excluding carboxylic acids is 1. The minimum absolute atomic E-state index is 0.190. The fourth-order valence-electron chi connectivity index (χ4n) is 1.87. The number of hydrogen-bond donors (Lipinski definition) is 2. The van der Waals surface area contributed by atoms with Gasteiger partial charge in [-0.2, -0.15) is 0 Å². The van der Waals surface area contributed by atoms with E-state index in [1.807, 2.05) is 56.3 Å². The van der Waals surface area contributed by atoms with Gasteiger partial charge < -0.3 is 15.8 Å². The highest BCUT2D eigenvalue weighted by Crippen LogP contribution is 2.24. The van der Waals surface area contributed by atoms with Crippen LogP contribution in [0.25, 0.3) is 0 Å². The Morgan fingerprint density at radius 3 is 2.52 bits per heavy atom. The first-order valence-corrected chi connectivity index (χ1v) is 6.99. The zero-order valence-corrected chi connectivity index (χ0v) is 12.3. The third-order valence-electron chi connectivity index (χ3n) is 3.10. The summed E-state index contributed by atoms with van der Waals surface area (Å²) in [7, 11) is 0. The standard InChI is InChI=1S/C17H20N2O2/c1-3-16(18)17(20)19-13-7-5-9-15(11-13)21-14-8-4-6-12(2)10-14/h4-11,16H,3,18H2,1-2H3,(H,19,20). The van der Waals surface area contributed by atoms with Crippen LogP contribution in [-0.2, 0) is 4.79 Å². The summed E-state index contributed by atoms with van der Waals surface area (Å²) in [5, 5.41) is 2.79. The topological polar surface area (TPSA) is 64.4 Å². The molecule has 0 saturated heterocycles. The van der Waals surface area contributed by atoms with Gasteiger partial charge in [0, 0.05) is 11.8 Å². The summed E-state index contributed by atoms with van der Waals surface area (Å²) >= 11 is 0. The highest BCUT2D eigenvalue weighted by molar-refractivity contribution is 5.94. The average molecular weight is 284 g/mol. The Balaban J connectivity index is 2.09. The predicted octanol–water partition coefficient (Wildman–Crippen LogP) is 3.46. The van der Waals surface area contributed by atoms with Gasteiger partial charge in [-0.3, -0.25) is 4.79 Å². The Morgan fingerprint density at radius 2 is 1.86 bits per heavy atom. The summed E-state index contributed by atoms with van der Waals surface area (Å²) in [4.78, 5) is 11.8. The molecular formula is C17H20N2O2. The lowest BCUT2D eigenvalue weighted by molar-refractivity contribution is -0.117. The van der Waals surface area contributed by atoms with Crippen LogP contribution < -0.4 is 15.8 Å². The number of rotatable bonds is 5. The highest BCUT2D eigenvalue weighted by atomic mass is 16.5. The molecule has 0 saturated carbocycles. The SMILES string of the molecule is CCC(N)C(=O)Nc1cccc(Oc2cccc(C)c2)c1. The van der Waals surface area contributed by atoms with Crippen LogP contribution in [0.2, 0.25) is 0 Å². The molecule has 0 spiro atoms. The van der Waals surface area contributed by atoms with E-state index in [0.29, 0.717) is 17.9 Å². The molecule has 0 aliphatic carbocycles. The normalized spacial score (nSPS) is 11.8. The summed E-state index contributed by atoms with van der Waals surface area (Å²) in [6, 6.07) is 14.6. The number of anilines is 1. The lowest BCUT2D eigenvalue weighted by Crippen LogP contribution is -2.34. The molecule has 1 atom stereocenters. The van der Waals surface area contributed by atoms with Crippen LogP contribution in [0.15, 0.2) is 48.5 Å². The summed E-state index contributed by atoms with van der Waals surface area (Å²) in [5.74, 6) is 1.25. The molecule has 0 radical (unpaired) electrons. The molecule has 0 aliphatic rings. The second-order valence-corrected chi connectivity index (χ2v) is 4.95. The summed E-state index contributed by atoms with van der Waals surface area (Å²) in [6.45, 7) is 3.89. The van der Waals surface area contributed by atoms with Crippen LogP contribution in [0.4, 0.5) is 5.69 Å². The summed E-state index contributed by atoms with van der Waals surface area (Å²) < 4.78 is 5.79. The lowest BCUT2D eigenvalue weighted by atomic mass is 10.2. The fourth-order valence-corrected chi connectivity index (χ4v) is 1.87. The second-order valence-electron chi connectivity index (χ2n) is 4.95. The molecule has 0 aromatic heterocycles. The van der Waals surface area contributed by atoms with Crippen molar-refractivity contribution in [2.75, 3.05) is 5.32 Å². The van der Waals surface area contributed by atoms with Crippen molar-refractivity contribution in [3.63, 3.8) is 0 Å². The molecule has 4 nitrogen and oxygen atoms in total. The van der Waals surface area contributed by atoms with E-state index in [4.69, 9.17) is 10.5 Å². The van der Waals surface area contributed by atoms with Crippen molar-refractivity contribution in [1.29, 1.82) is 0 Å². The van der Waals surface area contributed by atoms with Gasteiger partial charge in [-0.15, -0.1) is 0 Å². The molecule has 2 rings (SSSR count). The molecule has 0 bridgehead atoms. The Bertz CT molecular complexity index is 626. The van der Waals surface area contributed by atoms with E-state index in [1.165, 1.54) is 0 Å². The van der Waals surface area contributed by atoms with Gasteiger partial charge in [0.1, 0.15) is 11.5 Å². The van der Waals surface area contributed by atoms with E-state index in [1.54, 1.807) is 6.07 Å². The molecule has 1 unspecified atom stereocenters. The van der Waals surface area contributed by atoms with Gasteiger partial charge in [-0.05, 0) is 43.2 Å². The molecule has 21 heavy (non-hydrogen) atoms. The minimum Gasteiger partial charge on any atom is -0.457 e. The minimum atomic E-state index is -0.494. The van der Waals surface area contributed by atoms with E-state index >= 15 is 0 Å². The van der Waals surface area contributed by atoms with E-state index in [-0.39, 0.29) is 5.91 Å². The molecule has 0 heterocycles. The fraction of sp³-hybridized carbons (Fsp3) is 0.235. The lowest BCUT2D eigenvalue weighted by Gasteiger charge is -2.11. The van der Waals surface area contributed by atoms with E-state index in [2.05, 4.69) is 5.32 Å². The molecule has 4 heteroatoms. The van der Waals surface area contributed by atoms with Gasteiger partial charge in [-0.1, -0.05) is 25.1 Å². The first-order valence-electron chi connectivity index (χ1n) is 6.99. The maximum atomic E-state index is 11.8. The smallest absolute Gasteiger partial charge is 0.241 e. The van der Waals surface area contributed by atoms with Crippen molar-refractivity contribution in [3.05, 3.63) is 54.1 Å². The quantitative estimate of drug-likeness (QED) is 0.883. The number of carbonyl (C=O) groups is 1. The molecule has 2 aromatic carbocycles. The van der Waals surface area contributed by atoms with Gasteiger partial charge >= 0.3 is 0 Å². The van der Waals surface area contributed by atoms with Crippen molar-refractivity contribution < 1.29 is 9.53 Å². The third-order valence-corrected chi connectivity index (χ3v) is 3.10. The van der Waals surface area contributed by atoms with Crippen molar-refractivity contribution in [1.82, 2.24) is 0 Å². The Kier molecular flexibility index (Phi) is 4.95. The van der Waals surface area contributed by atoms with Gasteiger partial charge in [0.25, 0.3) is 0 Å². The molecule has 0 aliphatic heterocycles. The van der Waals surface area contributed by atoms with Crippen LogP contribution in [-0.4, -0.2) is 11.9 Å². The molecule has 3 N–H and O–H groups in total. The maximum Gasteiger partial charge on any atom is 0.241 e. The summed E-state index contributed by atoms with van der Waals surface area (Å²) in [6.07, 6.45) is 0.602. The van der Waals surface area contributed by atoms with Gasteiger partial charge in [0.05, 0.1) is 6.04 Å². The van der Waals surface area contributed by atoms with Crippen LogP contribution >= 0.6 is 0 Å². The van der Waals surface area contributed by atoms with Gasteiger partial charge in [0.2, 0.25) is 5.91 Å². The molecule has 0 fully saturated rings. The highest BCUT2D eigenvalue weighted by Gasteiger charge is 2.11. The largest absolute Gasteiger partial charge is 0.457 e. The van der Waals surface area contributed by atoms with Crippen LogP contribution in [0, 0.1) is 6.92 Å². The van der Waals surface area contributed by atoms with Crippen molar-refractivity contribution in [2.45, 2.75) is 26.3 Å². The number of aryl methyl sites for hydroxylation is 1.